The van der Waals surface area contributed by atoms with Crippen molar-refractivity contribution in [3.63, 3.8) is 0 Å². The Labute approximate surface area is 710 Å². The standard InChI is InChI=1S/C82H109F2N19O21/c1-41(2)31-59(92-45(6)107)78(120)102-68(43(4)105)81(123)100-61(32-46-14-20-50(83)21-15-46)75(117)95-58(27-29-67(110)111)73(115)99-64(36-52-38-88-40-90-52)77(119)97-60(34-48-18-24-53(108)25-19-48)76(118)98-63(35-49-37-89-55-12-8-7-11-54(49)55)74(116)91-42(3)71(113)94-57(26-28-66(86)109)72(114)96-62(33-47-16-22-51(84)23-17-47)79(121)103-69(44(5)106)82(124)101-65(39-104)80(122)93-56(70(87)112)13-9-10-30-85/h7-8,11-12,14-25,37-38,40-44,56-65,68-69,89,104-106,108H,9-10,13,26-36,39,85H2,1-6H3,(H2,86,109)(H2,87,112)(H,88,90)(H,91,116)(H,92,107)(H,93,122)(H,94,113)(H,95,117)(H,96,114)(H,97,119)(H,98,118)(H,99,115)(H,100,123)(H,101,124)(H,102,120)(H,103,121)(H,110,111)/t42-,43+,44+,56-,57-,58-,59-,60-,61-,62-,63-,64-,65-,68-,69-/m0/s1. The zero-order chi connectivity index (χ0) is 91.6. The Morgan fingerprint density at radius 2 is 0.855 bits per heavy atom. The fourth-order valence-corrected chi connectivity index (χ4v) is 12.9. The fraction of sp³-hybridized carbons (Fsp3) is 0.451. The van der Waals surface area contributed by atoms with Gasteiger partial charge in [0, 0.05) is 75.2 Å². The molecule has 0 unspecified atom stereocenters. The molecule has 15 atom stereocenters. The van der Waals surface area contributed by atoms with Gasteiger partial charge in [0.1, 0.15) is 95.9 Å². The zero-order valence-corrected chi connectivity index (χ0v) is 69.0. The molecule has 672 valence electrons. The topological polar surface area (TPSA) is 653 Å². The predicted molar refractivity (Wildman–Crippen MR) is 440 cm³/mol. The number of para-hydroxylation sites is 1. The number of imidazole rings is 1. The summed E-state index contributed by atoms with van der Waals surface area (Å²) in [5.41, 5.74) is 18.3. The third-order valence-corrected chi connectivity index (χ3v) is 19.6. The third kappa shape index (κ3) is 32.6. The highest BCUT2D eigenvalue weighted by molar-refractivity contribution is 6.01. The molecule has 0 radical (unpaired) electrons. The first kappa shape index (κ1) is 99.5. The molecule has 0 saturated heterocycles. The number of aromatic amines is 2. The number of nitrogens with one attached hydrogen (secondary N) is 15. The molecule has 0 bridgehead atoms. The Balaban J connectivity index is 1.29. The average Bonchev–Trinajstić information content (AvgIpc) is 1.64. The summed E-state index contributed by atoms with van der Waals surface area (Å²) in [7, 11) is 0. The van der Waals surface area contributed by atoms with Gasteiger partial charge in [-0.1, -0.05) is 68.4 Å². The van der Waals surface area contributed by atoms with E-state index in [1.807, 2.05) is 0 Å². The number of carbonyl (C=O) groups is 16. The Kier molecular flexibility index (Phi) is 39.2. The van der Waals surface area contributed by atoms with E-state index < -0.39 is 255 Å². The van der Waals surface area contributed by atoms with Gasteiger partial charge in [-0.15, -0.1) is 0 Å². The molecule has 6 aromatic rings. The molecule has 2 heterocycles. The molecule has 0 aliphatic rings. The summed E-state index contributed by atoms with van der Waals surface area (Å²) < 4.78 is 28.6. The van der Waals surface area contributed by atoms with Crippen molar-refractivity contribution in [1.29, 1.82) is 0 Å². The van der Waals surface area contributed by atoms with Gasteiger partial charge >= 0.3 is 5.97 Å². The normalized spacial score (nSPS) is 14.8. The van der Waals surface area contributed by atoms with Crippen LogP contribution in [0.25, 0.3) is 10.9 Å². The molecule has 40 nitrogen and oxygen atoms in total. The zero-order valence-electron chi connectivity index (χ0n) is 69.0. The predicted octanol–water partition coefficient (Wildman–Crippen LogP) is -3.73. The van der Waals surface area contributed by atoms with Crippen molar-refractivity contribution in [3.8, 4) is 5.75 Å². The Bertz CT molecular complexity index is 4670. The van der Waals surface area contributed by atoms with Gasteiger partial charge in [-0.2, -0.15) is 0 Å². The monoisotopic (exact) mass is 1730 g/mol. The number of primary amides is 2. The van der Waals surface area contributed by atoms with Gasteiger partial charge in [0.05, 0.1) is 30.8 Å². The molecule has 0 spiro atoms. The number of aliphatic carboxylic acids is 1. The van der Waals surface area contributed by atoms with E-state index in [9.17, 15) is 96.6 Å². The maximum Gasteiger partial charge on any atom is 0.303 e. The maximum absolute atomic E-state index is 15.3. The number of carboxylic acids is 1. The number of unbranched alkanes of at least 4 members (excludes halogenated alkanes) is 1. The van der Waals surface area contributed by atoms with Crippen LogP contribution in [0.2, 0.25) is 0 Å². The van der Waals surface area contributed by atoms with Gasteiger partial charge in [-0.3, -0.25) is 76.7 Å². The van der Waals surface area contributed by atoms with Crippen molar-refractivity contribution in [3.05, 3.63) is 155 Å². The van der Waals surface area contributed by atoms with Gasteiger partial charge in [0.15, 0.2) is 0 Å². The number of carboxylic acid groups (broad SMARTS) is 1. The summed E-state index contributed by atoms with van der Waals surface area (Å²) in [6, 6.07) is -0.894. The second-order valence-corrected chi connectivity index (χ2v) is 30.3. The maximum atomic E-state index is 15.3. The first-order chi connectivity index (χ1) is 58.7. The number of aliphatic hydroxyl groups is 3. The van der Waals surface area contributed by atoms with Crippen LogP contribution in [0.5, 0.6) is 5.75 Å². The van der Waals surface area contributed by atoms with Gasteiger partial charge < -0.3 is 122 Å². The number of aromatic nitrogens is 3. The van der Waals surface area contributed by atoms with Crippen LogP contribution < -0.4 is 86.3 Å². The molecule has 42 heteroatoms. The highest BCUT2D eigenvalue weighted by atomic mass is 19.1. The van der Waals surface area contributed by atoms with Gasteiger partial charge in [-0.05, 0) is 136 Å². The summed E-state index contributed by atoms with van der Waals surface area (Å²) in [6.45, 7) is 7.28. The molecular weight excluding hydrogens is 1630 g/mol. The highest BCUT2D eigenvalue weighted by Crippen LogP contribution is 2.22. The quantitative estimate of drug-likeness (QED) is 0.0163. The number of rotatable bonds is 51. The number of phenolic OH excluding ortho intramolecular Hbond substituents is 1. The van der Waals surface area contributed by atoms with Crippen molar-refractivity contribution in [2.75, 3.05) is 13.2 Å². The molecule has 0 fully saturated rings. The molecule has 4 aromatic carbocycles. The first-order valence-electron chi connectivity index (χ1n) is 39.9. The SMILES string of the molecule is CC(=O)N[C@@H](CC(C)C)C(=O)N[C@H](C(=O)N[C@@H](Cc1ccc(F)cc1)C(=O)N[C@@H](CCC(=O)O)C(=O)N[C@@H](Cc1c[nH]cn1)C(=O)N[C@@H](Cc1ccc(O)cc1)C(=O)N[C@@H](Cc1c[nH]c2ccccc12)C(=O)N[C@@H](C)C(=O)N[C@@H](CCC(N)=O)C(=O)N[C@@H](Cc1ccc(F)cc1)C(=O)N[C@H](C(=O)N[C@@H](CO)C(=O)N[C@@H](CCCCN)C(N)=O)[C@@H](C)O)[C@@H](C)O. The van der Waals surface area contributed by atoms with E-state index >= 15 is 14.4 Å². The van der Waals surface area contributed by atoms with Gasteiger partial charge in [0.25, 0.3) is 0 Å². The molecule has 0 aliphatic carbocycles. The lowest BCUT2D eigenvalue weighted by Crippen LogP contribution is -2.62. The van der Waals surface area contributed by atoms with Crippen molar-refractivity contribution < 1.29 is 111 Å². The molecule has 2 aromatic heterocycles. The number of hydrogen-bond donors (Lipinski definition) is 23. The molecule has 124 heavy (non-hydrogen) atoms. The van der Waals surface area contributed by atoms with Crippen LogP contribution in [0.4, 0.5) is 8.78 Å². The average molecular weight is 1730 g/mol. The highest BCUT2D eigenvalue weighted by Gasteiger charge is 2.40. The first-order valence-corrected chi connectivity index (χ1v) is 39.9. The number of aliphatic hydroxyl groups excluding tert-OH is 3. The Morgan fingerprint density at radius 1 is 0.444 bits per heavy atom. The lowest BCUT2D eigenvalue weighted by molar-refractivity contribution is -0.139. The molecule has 0 saturated carbocycles. The Morgan fingerprint density at radius 3 is 1.31 bits per heavy atom. The molecule has 6 rings (SSSR count). The number of aromatic hydroxyl groups is 1. The van der Waals surface area contributed by atoms with Crippen LogP contribution in [0.3, 0.4) is 0 Å². The summed E-state index contributed by atoms with van der Waals surface area (Å²) in [5.74, 6) is -19.4. The number of carbonyl (C=O) groups excluding carboxylic acids is 15. The van der Waals surface area contributed by atoms with E-state index in [0.717, 1.165) is 38.1 Å². The molecule has 26 N–H and O–H groups in total. The second kappa shape index (κ2) is 48.9. The second-order valence-electron chi connectivity index (χ2n) is 30.3. The largest absolute Gasteiger partial charge is 0.508 e. The number of phenols is 1. The van der Waals surface area contributed by atoms with Crippen molar-refractivity contribution in [2.45, 2.75) is 216 Å². The lowest BCUT2D eigenvalue weighted by atomic mass is 10.0. The number of benzene rings is 4. The number of amides is 15. The number of halogens is 2. The van der Waals surface area contributed by atoms with Crippen LogP contribution in [0.15, 0.2) is 116 Å². The van der Waals surface area contributed by atoms with Crippen molar-refractivity contribution in [2.24, 2.45) is 23.1 Å². The smallest absolute Gasteiger partial charge is 0.303 e. The summed E-state index contributed by atoms with van der Waals surface area (Å²) in [6.07, 6.45) is -3.27. The van der Waals surface area contributed by atoms with Crippen LogP contribution >= 0.6 is 0 Å². The lowest BCUT2D eigenvalue weighted by Gasteiger charge is -2.29. The van der Waals surface area contributed by atoms with E-state index in [2.05, 4.69) is 84.1 Å². The van der Waals surface area contributed by atoms with E-state index in [4.69, 9.17) is 17.2 Å². The van der Waals surface area contributed by atoms with E-state index in [1.54, 1.807) is 38.1 Å². The minimum atomic E-state index is -1.96. The fourth-order valence-electron chi connectivity index (χ4n) is 12.9. The van der Waals surface area contributed by atoms with E-state index in [0.29, 0.717) is 29.3 Å². The van der Waals surface area contributed by atoms with Crippen LogP contribution in [0.1, 0.15) is 121 Å². The summed E-state index contributed by atoms with van der Waals surface area (Å²) in [5, 5.41) is 84.5. The number of hydrogen-bond acceptors (Lipinski definition) is 22. The molecule has 15 amide bonds. The van der Waals surface area contributed by atoms with E-state index in [1.165, 1.54) is 81.1 Å². The van der Waals surface area contributed by atoms with Crippen LogP contribution in [0, 0.1) is 17.6 Å². The number of nitrogens with zero attached hydrogens (tertiary/aromatic N) is 1. The number of fused-ring (bicyclic) bond motifs is 1. The minimum absolute atomic E-state index is 0.0490. The van der Waals surface area contributed by atoms with Gasteiger partial charge in [-0.25, -0.2) is 13.8 Å². The number of nitrogens with two attached hydrogens (primary N) is 3. The van der Waals surface area contributed by atoms with Gasteiger partial charge in [0.2, 0.25) is 88.6 Å². The summed E-state index contributed by atoms with van der Waals surface area (Å²) in [4.78, 5) is 232. The molecular formula is C82H109F2N19O21. The van der Waals surface area contributed by atoms with Crippen molar-refractivity contribution in [1.82, 2.24) is 84.1 Å². The summed E-state index contributed by atoms with van der Waals surface area (Å²) >= 11 is 0. The number of H-pyrrole nitrogens is 2. The van der Waals surface area contributed by atoms with E-state index in [-0.39, 0.29) is 59.9 Å². The van der Waals surface area contributed by atoms with Crippen molar-refractivity contribution >= 4 is 105 Å². The minimum Gasteiger partial charge on any atom is -0.508 e. The Hall–Kier alpha value is -13.3. The molecule has 0 aliphatic heterocycles. The van der Waals surface area contributed by atoms with Crippen LogP contribution in [-0.4, -0.2) is 239 Å². The van der Waals surface area contributed by atoms with Crippen LogP contribution in [-0.2, 0) is 109 Å². The third-order valence-electron chi connectivity index (χ3n) is 19.6.